The van der Waals surface area contributed by atoms with Crippen LogP contribution in [0.1, 0.15) is 35.3 Å². The minimum atomic E-state index is -1.02. The van der Waals surface area contributed by atoms with Gasteiger partial charge in [-0.3, -0.25) is 0 Å². The molecule has 0 fully saturated rings. The Morgan fingerprint density at radius 3 is 2.58 bits per heavy atom. The Kier molecular flexibility index (Phi) is 5.75. The third kappa shape index (κ3) is 4.86. The van der Waals surface area contributed by atoms with Crippen molar-refractivity contribution in [3.63, 3.8) is 0 Å². The number of thiazole rings is 1. The Morgan fingerprint density at radius 2 is 2.11 bits per heavy atom. The van der Waals surface area contributed by atoms with Gasteiger partial charge in [0.05, 0.1) is 12.2 Å². The molecule has 2 amide bonds. The van der Waals surface area contributed by atoms with Crippen LogP contribution in [0.5, 0.6) is 0 Å². The van der Waals surface area contributed by atoms with E-state index >= 15 is 0 Å². The lowest BCUT2D eigenvalue weighted by molar-refractivity contribution is -0.139. The van der Waals surface area contributed by atoms with Crippen molar-refractivity contribution in [1.29, 1.82) is 0 Å². The highest BCUT2D eigenvalue weighted by molar-refractivity contribution is 7.11. The molecule has 0 spiro atoms. The maximum absolute atomic E-state index is 11.6. The SMILES string of the molecule is CCCC(NC(=O)NCc1nc(C)c(C)s1)C(=O)O. The van der Waals surface area contributed by atoms with E-state index in [4.69, 9.17) is 5.11 Å². The van der Waals surface area contributed by atoms with Crippen LogP contribution in [0.2, 0.25) is 0 Å². The van der Waals surface area contributed by atoms with Crippen LogP contribution in [0.25, 0.3) is 0 Å². The smallest absolute Gasteiger partial charge is 0.326 e. The zero-order valence-corrected chi connectivity index (χ0v) is 12.1. The van der Waals surface area contributed by atoms with E-state index in [1.54, 1.807) is 0 Å². The molecule has 0 aliphatic heterocycles. The van der Waals surface area contributed by atoms with Gasteiger partial charge in [0, 0.05) is 4.88 Å². The third-order valence-corrected chi connectivity index (χ3v) is 3.73. The Labute approximate surface area is 116 Å². The molecule has 7 heteroatoms. The molecule has 1 aromatic heterocycles. The summed E-state index contributed by atoms with van der Waals surface area (Å²) in [5, 5.41) is 14.8. The molecule has 19 heavy (non-hydrogen) atoms. The van der Waals surface area contributed by atoms with Crippen molar-refractivity contribution >= 4 is 23.3 Å². The molecule has 1 heterocycles. The Bertz CT molecular complexity index is 440. The first-order chi connectivity index (χ1) is 8.93. The first-order valence-corrected chi connectivity index (χ1v) is 6.95. The van der Waals surface area contributed by atoms with E-state index in [1.165, 1.54) is 11.3 Å². The van der Waals surface area contributed by atoms with Crippen molar-refractivity contribution in [2.24, 2.45) is 0 Å². The fraction of sp³-hybridized carbons (Fsp3) is 0.583. The molecular weight excluding hydrogens is 266 g/mol. The van der Waals surface area contributed by atoms with Gasteiger partial charge in [0.1, 0.15) is 11.0 Å². The van der Waals surface area contributed by atoms with Crippen molar-refractivity contribution in [3.05, 3.63) is 15.6 Å². The van der Waals surface area contributed by atoms with Gasteiger partial charge in [-0.15, -0.1) is 11.3 Å². The number of hydrogen-bond acceptors (Lipinski definition) is 4. The average Bonchev–Trinajstić information content (AvgIpc) is 2.65. The first-order valence-electron chi connectivity index (χ1n) is 6.14. The number of urea groups is 1. The number of rotatable bonds is 6. The van der Waals surface area contributed by atoms with Crippen molar-refractivity contribution in [2.75, 3.05) is 0 Å². The summed E-state index contributed by atoms with van der Waals surface area (Å²) in [6.45, 7) is 6.07. The molecule has 106 valence electrons. The summed E-state index contributed by atoms with van der Waals surface area (Å²) in [6.07, 6.45) is 1.11. The standard InChI is InChI=1S/C12H19N3O3S/c1-4-5-9(11(16)17)15-12(18)13-6-10-14-7(2)8(3)19-10/h9H,4-6H2,1-3H3,(H,16,17)(H2,13,15,18). The summed E-state index contributed by atoms with van der Waals surface area (Å²) < 4.78 is 0. The fourth-order valence-corrected chi connectivity index (χ4v) is 2.40. The highest BCUT2D eigenvalue weighted by Gasteiger charge is 2.18. The van der Waals surface area contributed by atoms with Gasteiger partial charge in [0.2, 0.25) is 0 Å². The molecule has 0 bridgehead atoms. The quantitative estimate of drug-likeness (QED) is 0.743. The number of amides is 2. The molecule has 0 aromatic carbocycles. The highest BCUT2D eigenvalue weighted by Crippen LogP contribution is 2.15. The summed E-state index contributed by atoms with van der Waals surface area (Å²) in [4.78, 5) is 27.9. The first kappa shape index (κ1) is 15.4. The molecule has 0 aliphatic rings. The molecule has 1 rings (SSSR count). The lowest BCUT2D eigenvalue weighted by Gasteiger charge is -2.13. The van der Waals surface area contributed by atoms with Crippen molar-refractivity contribution in [1.82, 2.24) is 15.6 Å². The summed E-state index contributed by atoms with van der Waals surface area (Å²) in [7, 11) is 0. The van der Waals surface area contributed by atoms with Gasteiger partial charge in [0.15, 0.2) is 0 Å². The zero-order valence-electron chi connectivity index (χ0n) is 11.3. The van der Waals surface area contributed by atoms with E-state index in [2.05, 4.69) is 15.6 Å². The summed E-state index contributed by atoms with van der Waals surface area (Å²) >= 11 is 1.52. The molecule has 3 N–H and O–H groups in total. The maximum atomic E-state index is 11.6. The van der Waals surface area contributed by atoms with Gasteiger partial charge >= 0.3 is 12.0 Å². The summed E-state index contributed by atoms with van der Waals surface area (Å²) in [6, 6.07) is -1.32. The molecule has 0 radical (unpaired) electrons. The molecule has 1 unspecified atom stereocenters. The number of aliphatic carboxylic acids is 1. The number of aryl methyl sites for hydroxylation is 2. The van der Waals surface area contributed by atoms with Crippen molar-refractivity contribution < 1.29 is 14.7 Å². The molecule has 0 saturated carbocycles. The van der Waals surface area contributed by atoms with Gasteiger partial charge in [0.25, 0.3) is 0 Å². The lowest BCUT2D eigenvalue weighted by Crippen LogP contribution is -2.45. The molecular formula is C12H19N3O3S. The summed E-state index contributed by atoms with van der Waals surface area (Å²) in [5.74, 6) is -1.02. The van der Waals surface area contributed by atoms with Crippen LogP contribution in [-0.4, -0.2) is 28.1 Å². The normalized spacial score (nSPS) is 11.9. The monoisotopic (exact) mass is 285 g/mol. The average molecular weight is 285 g/mol. The molecule has 0 saturated heterocycles. The number of nitrogens with zero attached hydrogens (tertiary/aromatic N) is 1. The maximum Gasteiger partial charge on any atom is 0.326 e. The van der Waals surface area contributed by atoms with Crippen molar-refractivity contribution in [3.8, 4) is 0 Å². The van der Waals surface area contributed by atoms with E-state index < -0.39 is 18.0 Å². The van der Waals surface area contributed by atoms with E-state index in [0.29, 0.717) is 19.4 Å². The van der Waals surface area contributed by atoms with Crippen molar-refractivity contribution in [2.45, 2.75) is 46.2 Å². The second-order valence-corrected chi connectivity index (χ2v) is 5.54. The second kappa shape index (κ2) is 7.08. The topological polar surface area (TPSA) is 91.3 Å². The zero-order chi connectivity index (χ0) is 14.4. The largest absolute Gasteiger partial charge is 0.480 e. The van der Waals surface area contributed by atoms with E-state index in [9.17, 15) is 9.59 Å². The van der Waals surface area contributed by atoms with Crippen LogP contribution < -0.4 is 10.6 Å². The Balaban J connectivity index is 2.44. The van der Waals surface area contributed by atoms with Crippen LogP contribution in [0.15, 0.2) is 0 Å². The van der Waals surface area contributed by atoms with Crippen LogP contribution in [0, 0.1) is 13.8 Å². The van der Waals surface area contributed by atoms with E-state index in [-0.39, 0.29) is 0 Å². The number of hydrogen-bond donors (Lipinski definition) is 3. The number of nitrogens with one attached hydrogen (secondary N) is 2. The minimum Gasteiger partial charge on any atom is -0.480 e. The van der Waals surface area contributed by atoms with Gasteiger partial charge < -0.3 is 15.7 Å². The van der Waals surface area contributed by atoms with Gasteiger partial charge in [-0.1, -0.05) is 13.3 Å². The van der Waals surface area contributed by atoms with E-state index in [1.807, 2.05) is 20.8 Å². The van der Waals surface area contributed by atoms with Gasteiger partial charge in [-0.2, -0.15) is 0 Å². The number of aromatic nitrogens is 1. The Morgan fingerprint density at radius 1 is 1.42 bits per heavy atom. The molecule has 6 nitrogen and oxygen atoms in total. The van der Waals surface area contributed by atoms with Gasteiger partial charge in [-0.25, -0.2) is 14.6 Å². The molecule has 1 aromatic rings. The van der Waals surface area contributed by atoms with Gasteiger partial charge in [-0.05, 0) is 20.3 Å². The molecule has 1 atom stereocenters. The molecule has 0 aliphatic carbocycles. The highest BCUT2D eigenvalue weighted by atomic mass is 32.1. The lowest BCUT2D eigenvalue weighted by atomic mass is 10.2. The predicted octanol–water partition coefficient (Wildman–Crippen LogP) is 1.81. The summed E-state index contributed by atoms with van der Waals surface area (Å²) in [5.41, 5.74) is 0.955. The fourth-order valence-electron chi connectivity index (χ4n) is 1.53. The van der Waals surface area contributed by atoms with Crippen LogP contribution in [-0.2, 0) is 11.3 Å². The second-order valence-electron chi connectivity index (χ2n) is 4.26. The van der Waals surface area contributed by atoms with E-state index in [0.717, 1.165) is 15.6 Å². The number of carbonyl (C=O) groups is 2. The predicted molar refractivity (Wildman–Crippen MR) is 73.3 cm³/mol. The number of carbonyl (C=O) groups excluding carboxylic acids is 1. The Hall–Kier alpha value is -1.63. The van der Waals surface area contributed by atoms with Crippen LogP contribution >= 0.6 is 11.3 Å². The third-order valence-electron chi connectivity index (χ3n) is 2.65. The van der Waals surface area contributed by atoms with Crippen LogP contribution in [0.4, 0.5) is 4.79 Å². The number of carboxylic acids is 1. The number of carboxylic acid groups (broad SMARTS) is 1. The minimum absolute atomic E-state index is 0.309. The van der Waals surface area contributed by atoms with Crippen LogP contribution in [0.3, 0.4) is 0 Å².